The molecule has 1 atom stereocenters. The fourth-order valence-corrected chi connectivity index (χ4v) is 1.60. The second kappa shape index (κ2) is 4.34. The zero-order chi connectivity index (χ0) is 11.5. The third-order valence-corrected chi connectivity index (χ3v) is 2.58. The van der Waals surface area contributed by atoms with Crippen molar-refractivity contribution in [2.75, 3.05) is 0 Å². The van der Waals surface area contributed by atoms with Crippen molar-refractivity contribution in [2.24, 2.45) is 0 Å². The van der Waals surface area contributed by atoms with Gasteiger partial charge in [0.1, 0.15) is 11.8 Å². The van der Waals surface area contributed by atoms with Crippen molar-refractivity contribution in [1.29, 1.82) is 0 Å². The minimum absolute atomic E-state index is 0.0732. The van der Waals surface area contributed by atoms with E-state index in [9.17, 15) is 9.59 Å². The molecule has 2 N–H and O–H groups in total. The average Bonchev–Trinajstić information content (AvgIpc) is 2.84. The van der Waals surface area contributed by atoms with E-state index in [2.05, 4.69) is 15.6 Å². The third kappa shape index (κ3) is 2.21. The summed E-state index contributed by atoms with van der Waals surface area (Å²) in [4.78, 5) is 26.5. The van der Waals surface area contributed by atoms with Gasteiger partial charge in [-0.2, -0.15) is 0 Å². The highest BCUT2D eigenvalue weighted by atomic mass is 16.3. The highest BCUT2D eigenvalue weighted by Gasteiger charge is 2.26. The average molecular weight is 223 g/mol. The summed E-state index contributed by atoms with van der Waals surface area (Å²) in [6.07, 6.45) is 2.31. The van der Waals surface area contributed by atoms with E-state index in [-0.39, 0.29) is 11.8 Å². The van der Waals surface area contributed by atoms with E-state index in [1.54, 1.807) is 0 Å². The van der Waals surface area contributed by atoms with Gasteiger partial charge in [0, 0.05) is 6.42 Å². The van der Waals surface area contributed by atoms with Gasteiger partial charge in [0.2, 0.25) is 11.8 Å². The number of nitrogens with one attached hydrogen (secondary N) is 2. The number of hydrogen-bond acceptors (Lipinski definition) is 4. The van der Waals surface area contributed by atoms with Crippen molar-refractivity contribution in [1.82, 2.24) is 15.6 Å². The molecule has 2 heterocycles. The predicted molar refractivity (Wildman–Crippen MR) is 54.3 cm³/mol. The first-order chi connectivity index (χ1) is 7.66. The number of nitrogens with zero attached hydrogens (tertiary/aromatic N) is 1. The van der Waals surface area contributed by atoms with E-state index in [1.165, 1.54) is 6.39 Å². The number of carbonyl (C=O) groups excluding carboxylic acids is 2. The van der Waals surface area contributed by atoms with Crippen LogP contribution in [0.5, 0.6) is 0 Å². The maximum Gasteiger partial charge on any atom is 0.242 e. The van der Waals surface area contributed by atoms with Gasteiger partial charge in [0.25, 0.3) is 0 Å². The summed E-state index contributed by atoms with van der Waals surface area (Å²) in [7, 11) is 0. The Morgan fingerprint density at radius 2 is 2.56 bits per heavy atom. The number of aromatic nitrogens is 1. The van der Waals surface area contributed by atoms with Gasteiger partial charge in [-0.15, -0.1) is 0 Å². The minimum Gasteiger partial charge on any atom is -0.446 e. The highest BCUT2D eigenvalue weighted by molar-refractivity contribution is 5.90. The second-order valence-electron chi connectivity index (χ2n) is 3.74. The maximum absolute atomic E-state index is 11.6. The largest absolute Gasteiger partial charge is 0.446 e. The molecule has 1 aliphatic heterocycles. The quantitative estimate of drug-likeness (QED) is 0.748. The molecule has 1 aromatic heterocycles. The van der Waals surface area contributed by atoms with Gasteiger partial charge in [-0.1, -0.05) is 0 Å². The molecule has 0 bridgehead atoms. The van der Waals surface area contributed by atoms with Crippen molar-refractivity contribution in [3.63, 3.8) is 0 Å². The Balaban J connectivity index is 1.84. The Labute approximate surface area is 92.4 Å². The third-order valence-electron chi connectivity index (χ3n) is 2.58. The lowest BCUT2D eigenvalue weighted by Gasteiger charge is -2.09. The molecule has 1 unspecified atom stereocenters. The van der Waals surface area contributed by atoms with Gasteiger partial charge < -0.3 is 15.1 Å². The highest BCUT2D eigenvalue weighted by Crippen LogP contribution is 2.08. The Hall–Kier alpha value is -1.85. The fourth-order valence-electron chi connectivity index (χ4n) is 1.60. The Bertz CT molecular complexity index is 413. The van der Waals surface area contributed by atoms with Crippen LogP contribution in [0.4, 0.5) is 0 Å². The SMILES string of the molecule is Cc1ncoc1CNC(=O)C1CCC(=O)N1. The minimum atomic E-state index is -0.407. The topological polar surface area (TPSA) is 84.2 Å². The molecule has 1 fully saturated rings. The number of oxazole rings is 1. The molecule has 2 amide bonds. The van der Waals surface area contributed by atoms with Crippen LogP contribution in [-0.4, -0.2) is 22.8 Å². The van der Waals surface area contributed by atoms with Crippen LogP contribution in [0.2, 0.25) is 0 Å². The van der Waals surface area contributed by atoms with Gasteiger partial charge in [-0.05, 0) is 13.3 Å². The standard InChI is InChI=1S/C10H13N3O3/c1-6-8(16-5-12-6)4-11-10(15)7-2-3-9(14)13-7/h5,7H,2-4H2,1H3,(H,11,15)(H,13,14). The van der Waals surface area contributed by atoms with Crippen LogP contribution in [0, 0.1) is 6.92 Å². The molecule has 1 aromatic rings. The number of carbonyl (C=O) groups is 2. The van der Waals surface area contributed by atoms with E-state index in [0.29, 0.717) is 25.1 Å². The molecule has 6 heteroatoms. The number of amides is 2. The lowest BCUT2D eigenvalue weighted by Crippen LogP contribution is -2.41. The van der Waals surface area contributed by atoms with Gasteiger partial charge in [0.15, 0.2) is 6.39 Å². The number of rotatable bonds is 3. The van der Waals surface area contributed by atoms with Crippen LogP contribution in [0.25, 0.3) is 0 Å². The van der Waals surface area contributed by atoms with E-state index in [4.69, 9.17) is 4.42 Å². The molecular weight excluding hydrogens is 210 g/mol. The first kappa shape index (κ1) is 10.7. The molecule has 1 saturated heterocycles. The molecule has 0 aliphatic carbocycles. The summed E-state index contributed by atoms with van der Waals surface area (Å²) in [6.45, 7) is 2.11. The molecule has 0 aromatic carbocycles. The van der Waals surface area contributed by atoms with Crippen molar-refractivity contribution in [2.45, 2.75) is 32.4 Å². The molecule has 0 spiro atoms. The normalized spacial score (nSPS) is 19.6. The maximum atomic E-state index is 11.6. The summed E-state index contributed by atoms with van der Waals surface area (Å²) in [6, 6.07) is -0.407. The van der Waals surface area contributed by atoms with Crippen molar-refractivity contribution >= 4 is 11.8 Å². The van der Waals surface area contributed by atoms with E-state index in [0.717, 1.165) is 5.69 Å². The Kier molecular flexibility index (Phi) is 2.89. The smallest absolute Gasteiger partial charge is 0.242 e. The zero-order valence-corrected chi connectivity index (χ0v) is 8.95. The monoisotopic (exact) mass is 223 g/mol. The van der Waals surface area contributed by atoms with E-state index >= 15 is 0 Å². The summed E-state index contributed by atoms with van der Waals surface area (Å²) in [5.74, 6) is 0.385. The molecule has 0 radical (unpaired) electrons. The number of hydrogen-bond donors (Lipinski definition) is 2. The van der Waals surface area contributed by atoms with Crippen molar-refractivity contribution in [3.05, 3.63) is 17.8 Å². The first-order valence-electron chi connectivity index (χ1n) is 5.13. The molecule has 1 aliphatic rings. The van der Waals surface area contributed by atoms with Crippen LogP contribution >= 0.6 is 0 Å². The predicted octanol–water partition coefficient (Wildman–Crippen LogP) is -0.122. The summed E-state index contributed by atoms with van der Waals surface area (Å²) < 4.78 is 5.09. The first-order valence-corrected chi connectivity index (χ1v) is 5.13. The van der Waals surface area contributed by atoms with Crippen LogP contribution in [0.15, 0.2) is 10.8 Å². The van der Waals surface area contributed by atoms with Crippen LogP contribution in [0.3, 0.4) is 0 Å². The molecular formula is C10H13N3O3. The van der Waals surface area contributed by atoms with Gasteiger partial charge in [-0.3, -0.25) is 9.59 Å². The lowest BCUT2D eigenvalue weighted by atomic mass is 10.2. The summed E-state index contributed by atoms with van der Waals surface area (Å²) in [5, 5.41) is 5.30. The van der Waals surface area contributed by atoms with Gasteiger partial charge in [-0.25, -0.2) is 4.98 Å². The molecule has 6 nitrogen and oxygen atoms in total. The van der Waals surface area contributed by atoms with Crippen molar-refractivity contribution < 1.29 is 14.0 Å². The van der Waals surface area contributed by atoms with Crippen LogP contribution in [0.1, 0.15) is 24.3 Å². The van der Waals surface area contributed by atoms with Gasteiger partial charge >= 0.3 is 0 Å². The van der Waals surface area contributed by atoms with Gasteiger partial charge in [0.05, 0.1) is 12.2 Å². The summed E-state index contributed by atoms with van der Waals surface area (Å²) in [5.41, 5.74) is 0.760. The zero-order valence-electron chi connectivity index (χ0n) is 8.95. The lowest BCUT2D eigenvalue weighted by molar-refractivity contribution is -0.125. The van der Waals surface area contributed by atoms with Crippen molar-refractivity contribution in [3.8, 4) is 0 Å². The van der Waals surface area contributed by atoms with Crippen LogP contribution in [-0.2, 0) is 16.1 Å². The summed E-state index contributed by atoms with van der Waals surface area (Å²) >= 11 is 0. The molecule has 16 heavy (non-hydrogen) atoms. The molecule has 0 saturated carbocycles. The Morgan fingerprint density at radius 1 is 1.75 bits per heavy atom. The Morgan fingerprint density at radius 3 is 3.12 bits per heavy atom. The van der Waals surface area contributed by atoms with Crippen LogP contribution < -0.4 is 10.6 Å². The molecule has 2 rings (SSSR count). The number of aryl methyl sites for hydroxylation is 1. The fraction of sp³-hybridized carbons (Fsp3) is 0.500. The van der Waals surface area contributed by atoms with E-state index in [1.807, 2.05) is 6.92 Å². The molecule has 86 valence electrons. The second-order valence-corrected chi connectivity index (χ2v) is 3.74. The van der Waals surface area contributed by atoms with E-state index < -0.39 is 6.04 Å².